The van der Waals surface area contributed by atoms with Gasteiger partial charge in [0.1, 0.15) is 5.60 Å². The van der Waals surface area contributed by atoms with E-state index in [4.69, 9.17) is 4.74 Å². The van der Waals surface area contributed by atoms with Crippen molar-refractivity contribution in [2.45, 2.75) is 72.4 Å². The summed E-state index contributed by atoms with van der Waals surface area (Å²) in [4.78, 5) is 11.8. The fourth-order valence-corrected chi connectivity index (χ4v) is 2.11. The number of rotatable bonds is 5. The van der Waals surface area contributed by atoms with E-state index in [0.717, 1.165) is 6.54 Å². The Hall–Kier alpha value is -0.770. The Morgan fingerprint density at radius 3 is 2.00 bits per heavy atom. The van der Waals surface area contributed by atoms with Crippen molar-refractivity contribution in [3.05, 3.63) is 0 Å². The second-order valence-electron chi connectivity index (χ2n) is 8.46. The minimum atomic E-state index is -0.446. The van der Waals surface area contributed by atoms with Crippen molar-refractivity contribution in [3.8, 4) is 0 Å². The van der Waals surface area contributed by atoms with Crippen LogP contribution in [0.5, 0.6) is 0 Å². The Bertz CT molecular complexity index is 337. The summed E-state index contributed by atoms with van der Waals surface area (Å²) in [5.41, 5.74) is -0.245. The first-order valence-electron chi connectivity index (χ1n) is 7.63. The second kappa shape index (κ2) is 5.92. The molecular weight excluding hydrogens is 252 g/mol. The lowest BCUT2D eigenvalue weighted by molar-refractivity contribution is 0.0506. The molecule has 0 spiro atoms. The highest BCUT2D eigenvalue weighted by molar-refractivity contribution is 5.67. The van der Waals surface area contributed by atoms with Gasteiger partial charge in [0.05, 0.1) is 0 Å². The molecule has 118 valence electrons. The van der Waals surface area contributed by atoms with Gasteiger partial charge in [-0.15, -0.1) is 0 Å². The van der Waals surface area contributed by atoms with E-state index < -0.39 is 5.60 Å². The maximum Gasteiger partial charge on any atom is 0.407 e. The third kappa shape index (κ3) is 6.60. The summed E-state index contributed by atoms with van der Waals surface area (Å²) in [6, 6.07) is 0. The monoisotopic (exact) mass is 284 g/mol. The fraction of sp³-hybridized carbons (Fsp3) is 0.938. The molecule has 1 fully saturated rings. The second-order valence-corrected chi connectivity index (χ2v) is 8.46. The van der Waals surface area contributed by atoms with E-state index >= 15 is 0 Å². The summed E-state index contributed by atoms with van der Waals surface area (Å²) >= 11 is 0. The average molecular weight is 284 g/mol. The number of carbonyl (C=O) groups excluding carboxylic acids is 1. The molecule has 0 aromatic rings. The van der Waals surface area contributed by atoms with E-state index in [1.165, 1.54) is 12.8 Å². The molecule has 0 bridgehead atoms. The summed E-state index contributed by atoms with van der Waals surface area (Å²) in [5, 5.41) is 6.56. The molecule has 0 saturated heterocycles. The van der Waals surface area contributed by atoms with Crippen LogP contribution in [-0.4, -0.2) is 30.3 Å². The van der Waals surface area contributed by atoms with Gasteiger partial charge in [-0.05, 0) is 51.9 Å². The van der Waals surface area contributed by atoms with Crippen LogP contribution in [-0.2, 0) is 4.74 Å². The Morgan fingerprint density at radius 1 is 1.05 bits per heavy atom. The lowest BCUT2D eigenvalue weighted by Crippen LogP contribution is -2.55. The van der Waals surface area contributed by atoms with Crippen molar-refractivity contribution in [2.75, 3.05) is 13.1 Å². The van der Waals surface area contributed by atoms with Gasteiger partial charge in [-0.2, -0.15) is 0 Å². The van der Waals surface area contributed by atoms with Crippen LogP contribution in [0.2, 0.25) is 0 Å². The predicted molar refractivity (Wildman–Crippen MR) is 82.8 cm³/mol. The van der Waals surface area contributed by atoms with Crippen molar-refractivity contribution in [1.82, 2.24) is 10.6 Å². The smallest absolute Gasteiger partial charge is 0.407 e. The number of nitrogens with one attached hydrogen (secondary N) is 2. The first-order valence-corrected chi connectivity index (χ1v) is 7.63. The van der Waals surface area contributed by atoms with E-state index in [-0.39, 0.29) is 17.0 Å². The average Bonchev–Trinajstić information content (AvgIpc) is 3.04. The molecule has 0 aliphatic heterocycles. The summed E-state index contributed by atoms with van der Waals surface area (Å²) in [6.45, 7) is 16.0. The van der Waals surface area contributed by atoms with Crippen molar-refractivity contribution in [1.29, 1.82) is 0 Å². The fourth-order valence-electron chi connectivity index (χ4n) is 2.11. The van der Waals surface area contributed by atoms with Crippen LogP contribution in [0, 0.1) is 11.3 Å². The van der Waals surface area contributed by atoms with E-state index in [1.807, 2.05) is 20.8 Å². The first-order chi connectivity index (χ1) is 8.91. The largest absolute Gasteiger partial charge is 0.444 e. The van der Waals surface area contributed by atoms with Gasteiger partial charge in [-0.1, -0.05) is 20.8 Å². The molecule has 2 N–H and O–H groups in total. The molecule has 0 radical (unpaired) electrons. The minimum Gasteiger partial charge on any atom is -0.444 e. The summed E-state index contributed by atoms with van der Waals surface area (Å²) in [7, 11) is 0. The molecule has 4 nitrogen and oxygen atoms in total. The van der Waals surface area contributed by atoms with Gasteiger partial charge >= 0.3 is 6.09 Å². The number of amides is 1. The van der Waals surface area contributed by atoms with Gasteiger partial charge < -0.3 is 15.4 Å². The van der Waals surface area contributed by atoms with E-state index in [9.17, 15) is 4.79 Å². The summed E-state index contributed by atoms with van der Waals surface area (Å²) in [5.74, 6) is 0.653. The zero-order valence-electron chi connectivity index (χ0n) is 14.2. The van der Waals surface area contributed by atoms with Crippen molar-refractivity contribution < 1.29 is 9.53 Å². The minimum absolute atomic E-state index is 0.0375. The Kier molecular flexibility index (Phi) is 5.12. The zero-order chi connectivity index (χ0) is 15.6. The van der Waals surface area contributed by atoms with Crippen molar-refractivity contribution in [2.24, 2.45) is 11.3 Å². The Balaban J connectivity index is 2.48. The molecular formula is C16H32N2O2. The predicted octanol–water partition coefficient (Wildman–Crippen LogP) is 3.32. The normalized spacial score (nSPS) is 19.4. The highest BCUT2D eigenvalue weighted by atomic mass is 16.6. The van der Waals surface area contributed by atoms with Crippen LogP contribution >= 0.6 is 0 Å². The van der Waals surface area contributed by atoms with Gasteiger partial charge in [0.25, 0.3) is 0 Å². The van der Waals surface area contributed by atoms with Crippen LogP contribution < -0.4 is 10.6 Å². The first kappa shape index (κ1) is 17.3. The quantitative estimate of drug-likeness (QED) is 0.814. The van der Waals surface area contributed by atoms with Crippen molar-refractivity contribution in [3.63, 3.8) is 0 Å². The van der Waals surface area contributed by atoms with Crippen LogP contribution in [0.1, 0.15) is 61.3 Å². The summed E-state index contributed by atoms with van der Waals surface area (Å²) < 4.78 is 5.30. The standard InChI is InChI=1S/C16H32N2O2/c1-14(2,3)10-18-16(7,12-8-9-12)11-17-13(19)20-15(4,5)6/h12,18H,8-11H2,1-7H3,(H,17,19). The van der Waals surface area contributed by atoms with Crippen LogP contribution in [0.15, 0.2) is 0 Å². The van der Waals surface area contributed by atoms with Gasteiger partial charge in [0, 0.05) is 18.6 Å². The Morgan fingerprint density at radius 2 is 1.60 bits per heavy atom. The Labute approximate surface area is 124 Å². The molecule has 4 heteroatoms. The highest BCUT2D eigenvalue weighted by Crippen LogP contribution is 2.39. The number of carbonyl (C=O) groups is 1. The van der Waals surface area contributed by atoms with Gasteiger partial charge in [-0.3, -0.25) is 0 Å². The topological polar surface area (TPSA) is 50.4 Å². The lowest BCUT2D eigenvalue weighted by Gasteiger charge is -2.35. The molecule has 1 saturated carbocycles. The molecule has 1 unspecified atom stereocenters. The van der Waals surface area contributed by atoms with Gasteiger partial charge in [0.15, 0.2) is 0 Å². The molecule has 1 rings (SSSR count). The third-order valence-corrected chi connectivity index (χ3v) is 3.50. The molecule has 20 heavy (non-hydrogen) atoms. The number of hydrogen-bond acceptors (Lipinski definition) is 3. The SMILES string of the molecule is CC(C)(C)CNC(C)(CNC(=O)OC(C)(C)C)C1CC1. The lowest BCUT2D eigenvalue weighted by atomic mass is 9.91. The summed E-state index contributed by atoms with van der Waals surface area (Å²) in [6.07, 6.45) is 2.15. The molecule has 0 aromatic carbocycles. The maximum atomic E-state index is 11.8. The highest BCUT2D eigenvalue weighted by Gasteiger charge is 2.42. The molecule has 1 amide bonds. The molecule has 1 aliphatic rings. The zero-order valence-corrected chi connectivity index (χ0v) is 14.2. The van der Waals surface area contributed by atoms with Gasteiger partial charge in [0.2, 0.25) is 0 Å². The number of hydrogen-bond donors (Lipinski definition) is 2. The van der Waals surface area contributed by atoms with E-state index in [1.54, 1.807) is 0 Å². The number of alkyl carbamates (subject to hydrolysis) is 1. The molecule has 0 aromatic heterocycles. The van der Waals surface area contributed by atoms with Crippen LogP contribution in [0.25, 0.3) is 0 Å². The van der Waals surface area contributed by atoms with Crippen LogP contribution in [0.4, 0.5) is 4.79 Å². The van der Waals surface area contributed by atoms with Crippen LogP contribution in [0.3, 0.4) is 0 Å². The molecule has 0 heterocycles. The van der Waals surface area contributed by atoms with E-state index in [0.29, 0.717) is 12.5 Å². The van der Waals surface area contributed by atoms with E-state index in [2.05, 4.69) is 38.3 Å². The number of ether oxygens (including phenoxy) is 1. The van der Waals surface area contributed by atoms with Gasteiger partial charge in [-0.25, -0.2) is 4.79 Å². The molecule has 1 atom stereocenters. The third-order valence-electron chi connectivity index (χ3n) is 3.50. The van der Waals surface area contributed by atoms with Crippen molar-refractivity contribution >= 4 is 6.09 Å². The molecule has 1 aliphatic carbocycles. The maximum absolute atomic E-state index is 11.8.